The van der Waals surface area contributed by atoms with E-state index in [0.29, 0.717) is 50.5 Å². The molecule has 0 aromatic rings. The molecule has 0 spiro atoms. The zero-order valence-electron chi connectivity index (χ0n) is 36.2. The molecule has 3 fully saturated rings. The van der Waals surface area contributed by atoms with Gasteiger partial charge in [-0.15, -0.1) is 11.6 Å². The molecule has 1 amide bonds. The van der Waals surface area contributed by atoms with Crippen LogP contribution in [0.25, 0.3) is 0 Å². The van der Waals surface area contributed by atoms with Crippen molar-refractivity contribution in [1.82, 2.24) is 4.90 Å². The van der Waals surface area contributed by atoms with Gasteiger partial charge in [0.05, 0.1) is 36.6 Å². The van der Waals surface area contributed by atoms with Crippen molar-refractivity contribution in [2.45, 2.75) is 166 Å². The van der Waals surface area contributed by atoms with Crippen LogP contribution in [0.4, 0.5) is 0 Å². The van der Waals surface area contributed by atoms with E-state index in [1.165, 1.54) is 14.2 Å². The number of amides is 1. The standard InChI is InChI=1S/C44H70ClNO13/c1-24-15-25(2)17-37(56-7)40-38(57-8)19-27(4)44(54,59-40)41(51)42(52)46-14-10-9-11-32(46)43(53)58-39(26(3)18-29-12-13-33(48)36(20-29)55-6)28(5)34(49)22-35(50)30(16-24)21-31(47)23-45/h16,18,25,27-34,36-40,47-49,54H,9-15,17,19-23H2,1-8H3/b24-16+,26-18+/t25-,27+,28+,29-,30-,31?,32-,33+,34-,36+,37-,38-,39+,40+,44+/m0/s1. The lowest BCUT2D eigenvalue weighted by Crippen LogP contribution is -2.64. The average Bonchev–Trinajstić information content (AvgIpc) is 3.21. The van der Waals surface area contributed by atoms with Crippen molar-refractivity contribution in [2.75, 3.05) is 33.8 Å². The molecule has 336 valence electrons. The van der Waals surface area contributed by atoms with Crippen molar-refractivity contribution in [2.24, 2.45) is 29.6 Å². The third-order valence-electron chi connectivity index (χ3n) is 13.2. The number of aliphatic hydroxyl groups excluding tert-OH is 3. The highest BCUT2D eigenvalue weighted by Gasteiger charge is 2.56. The van der Waals surface area contributed by atoms with Crippen LogP contribution in [-0.4, -0.2) is 143 Å². The number of piperidine rings is 1. The van der Waals surface area contributed by atoms with Crippen molar-refractivity contribution in [3.8, 4) is 0 Å². The van der Waals surface area contributed by atoms with Crippen LogP contribution in [0.15, 0.2) is 23.3 Å². The van der Waals surface area contributed by atoms with E-state index in [1.807, 2.05) is 19.9 Å². The summed E-state index contributed by atoms with van der Waals surface area (Å²) in [6, 6.07) is -1.18. The van der Waals surface area contributed by atoms with Crippen LogP contribution in [0.1, 0.15) is 105 Å². The minimum atomic E-state index is -2.54. The first-order valence-corrected chi connectivity index (χ1v) is 21.9. The number of alkyl halides is 1. The Morgan fingerprint density at radius 1 is 0.949 bits per heavy atom. The number of ether oxygens (including phenoxy) is 5. The summed E-state index contributed by atoms with van der Waals surface area (Å²) >= 11 is 6.00. The normalized spacial score (nSPS) is 40.6. The third kappa shape index (κ3) is 12.2. The molecule has 15 heteroatoms. The molecule has 1 aliphatic carbocycles. The molecule has 1 unspecified atom stereocenters. The minimum Gasteiger partial charge on any atom is -0.456 e. The van der Waals surface area contributed by atoms with Gasteiger partial charge in [-0.2, -0.15) is 0 Å². The van der Waals surface area contributed by atoms with Crippen LogP contribution in [0, 0.1) is 29.6 Å². The molecule has 4 rings (SSSR count). The SMILES string of the molecule is CO[C@H]1C[C@@H](C)C/C(C)=C/[C@@H](CC(O)CCl)C(=O)C[C@H](O)[C@@H](C)[C@@H](/C(C)=C/[C@@H]2CC[C@@H](O)[C@H](OC)C2)OC(=O)[C@@H]2CCCCN2C(=O)C(=O)[C@]2(O)O[C@H]1[C@@H](OC)C[C@H]2C. The van der Waals surface area contributed by atoms with E-state index in [4.69, 9.17) is 35.3 Å². The van der Waals surface area contributed by atoms with Crippen molar-refractivity contribution in [3.63, 3.8) is 0 Å². The smallest absolute Gasteiger partial charge is 0.329 e. The fourth-order valence-electron chi connectivity index (χ4n) is 9.60. The molecule has 0 radical (unpaired) electrons. The van der Waals surface area contributed by atoms with Gasteiger partial charge in [0.15, 0.2) is 0 Å². The number of ketones is 2. The zero-order chi connectivity index (χ0) is 43.8. The van der Waals surface area contributed by atoms with Crippen LogP contribution >= 0.6 is 11.6 Å². The molecule has 3 heterocycles. The second-order valence-corrected chi connectivity index (χ2v) is 18.1. The lowest BCUT2D eigenvalue weighted by molar-refractivity contribution is -0.302. The number of esters is 1. The number of hydrogen-bond acceptors (Lipinski definition) is 13. The molecule has 15 atom stereocenters. The highest BCUT2D eigenvalue weighted by molar-refractivity contribution is 6.39. The van der Waals surface area contributed by atoms with Gasteiger partial charge in [0.1, 0.15) is 24.0 Å². The first-order chi connectivity index (χ1) is 27.9. The molecule has 2 bridgehead atoms. The molecule has 59 heavy (non-hydrogen) atoms. The Kier molecular flexibility index (Phi) is 18.6. The maximum atomic E-state index is 14.3. The summed E-state index contributed by atoms with van der Waals surface area (Å²) in [6.07, 6.45) is 1.07. The highest BCUT2D eigenvalue weighted by Crippen LogP contribution is 2.39. The Hall–Kier alpha value is -2.27. The van der Waals surface area contributed by atoms with Gasteiger partial charge in [-0.1, -0.05) is 38.5 Å². The molecular formula is C44H70ClNO13. The highest BCUT2D eigenvalue weighted by atomic mass is 35.5. The summed E-state index contributed by atoms with van der Waals surface area (Å²) in [5.74, 6) is -8.52. The molecule has 4 N–H and O–H groups in total. The van der Waals surface area contributed by atoms with Gasteiger partial charge in [0.2, 0.25) is 5.79 Å². The number of halogens is 1. The van der Waals surface area contributed by atoms with Crippen molar-refractivity contribution >= 4 is 35.0 Å². The van der Waals surface area contributed by atoms with Crippen molar-refractivity contribution < 1.29 is 63.3 Å². The Labute approximate surface area is 354 Å². The summed E-state index contributed by atoms with van der Waals surface area (Å²) < 4.78 is 29.7. The van der Waals surface area contributed by atoms with Gasteiger partial charge in [-0.25, -0.2) is 4.79 Å². The summed E-state index contributed by atoms with van der Waals surface area (Å²) in [5, 5.41) is 44.8. The molecule has 14 nitrogen and oxygen atoms in total. The lowest BCUT2D eigenvalue weighted by Gasteiger charge is -2.47. The largest absolute Gasteiger partial charge is 0.456 e. The summed E-state index contributed by atoms with van der Waals surface area (Å²) in [7, 11) is 4.55. The van der Waals surface area contributed by atoms with Crippen molar-refractivity contribution in [3.05, 3.63) is 23.3 Å². The number of allylic oxidation sites excluding steroid dienone is 3. The molecule has 0 aromatic heterocycles. The van der Waals surface area contributed by atoms with Gasteiger partial charge in [0, 0.05) is 57.9 Å². The topological polar surface area (TPSA) is 199 Å². The van der Waals surface area contributed by atoms with Crippen LogP contribution in [0.3, 0.4) is 0 Å². The quantitative estimate of drug-likeness (QED) is 0.118. The van der Waals surface area contributed by atoms with E-state index in [0.717, 1.165) is 10.5 Å². The van der Waals surface area contributed by atoms with E-state index in [-0.39, 0.29) is 61.8 Å². The monoisotopic (exact) mass is 855 g/mol. The molecule has 0 aromatic carbocycles. The van der Waals surface area contributed by atoms with E-state index >= 15 is 0 Å². The first kappa shape index (κ1) is 49.4. The van der Waals surface area contributed by atoms with Crippen LogP contribution < -0.4 is 0 Å². The van der Waals surface area contributed by atoms with E-state index in [2.05, 4.69) is 0 Å². The number of carbonyl (C=O) groups excluding carboxylic acids is 4. The summed E-state index contributed by atoms with van der Waals surface area (Å²) in [6.45, 7) is 9.04. The fourth-order valence-corrected chi connectivity index (χ4v) is 9.73. The van der Waals surface area contributed by atoms with Gasteiger partial charge in [0.25, 0.3) is 11.7 Å². The molecular weight excluding hydrogens is 786 g/mol. The number of rotatable bonds is 8. The lowest BCUT2D eigenvalue weighted by atomic mass is 9.81. The second-order valence-electron chi connectivity index (χ2n) is 17.8. The van der Waals surface area contributed by atoms with E-state index in [9.17, 15) is 39.6 Å². The van der Waals surface area contributed by atoms with Gasteiger partial charge in [-0.05, 0) is 95.5 Å². The Bertz CT molecular complexity index is 1510. The molecule has 2 saturated heterocycles. The van der Waals surface area contributed by atoms with E-state index in [1.54, 1.807) is 34.0 Å². The van der Waals surface area contributed by atoms with Gasteiger partial charge >= 0.3 is 5.97 Å². The number of aliphatic hydroxyl groups is 4. The predicted octanol–water partition coefficient (Wildman–Crippen LogP) is 4.05. The maximum absolute atomic E-state index is 14.3. The Balaban J connectivity index is 1.79. The van der Waals surface area contributed by atoms with Crippen LogP contribution in [0.5, 0.6) is 0 Å². The predicted molar refractivity (Wildman–Crippen MR) is 219 cm³/mol. The third-order valence-corrected chi connectivity index (χ3v) is 13.5. The second kappa shape index (κ2) is 22.2. The van der Waals surface area contributed by atoms with Gasteiger partial charge < -0.3 is 49.0 Å². The van der Waals surface area contributed by atoms with Crippen LogP contribution in [-0.2, 0) is 42.9 Å². The number of fused-ring (bicyclic) bond motifs is 3. The molecule has 3 aliphatic heterocycles. The number of hydrogen-bond donors (Lipinski definition) is 4. The molecule has 4 aliphatic rings. The maximum Gasteiger partial charge on any atom is 0.329 e. The number of carbonyl (C=O) groups is 4. The van der Waals surface area contributed by atoms with Gasteiger partial charge in [-0.3, -0.25) is 14.4 Å². The first-order valence-electron chi connectivity index (χ1n) is 21.4. The number of nitrogens with zero attached hydrogens (tertiary/aromatic N) is 1. The number of Topliss-reactive ketones (excluding diaryl/α,β-unsaturated/α-hetero) is 2. The van der Waals surface area contributed by atoms with E-state index < -0.39 is 90.0 Å². The summed E-state index contributed by atoms with van der Waals surface area (Å²) in [4.78, 5) is 58.0. The van der Waals surface area contributed by atoms with Crippen LogP contribution in [0.2, 0.25) is 0 Å². The summed E-state index contributed by atoms with van der Waals surface area (Å²) in [5.41, 5.74) is 1.47. The number of methoxy groups -OCH3 is 3. The molecule has 1 saturated carbocycles. The minimum absolute atomic E-state index is 0.0436. The Morgan fingerprint density at radius 2 is 1.61 bits per heavy atom. The van der Waals surface area contributed by atoms with Crippen molar-refractivity contribution in [1.29, 1.82) is 0 Å². The number of cyclic esters (lactones) is 1. The average molecular weight is 856 g/mol. The Morgan fingerprint density at radius 3 is 2.25 bits per heavy atom. The zero-order valence-corrected chi connectivity index (χ0v) is 37.0. The fraction of sp³-hybridized carbons (Fsp3) is 0.818.